The summed E-state index contributed by atoms with van der Waals surface area (Å²) in [6, 6.07) is 6.38. The molecule has 5 nitrogen and oxygen atoms in total. The molecule has 2 aromatic heterocycles. The Morgan fingerprint density at radius 2 is 2.19 bits per heavy atom. The highest BCUT2D eigenvalue weighted by molar-refractivity contribution is 7.18. The summed E-state index contributed by atoms with van der Waals surface area (Å²) in [5.41, 5.74) is 3.98. The third kappa shape index (κ3) is 3.07. The van der Waals surface area contributed by atoms with Gasteiger partial charge >= 0.3 is 0 Å². The fourth-order valence-electron chi connectivity index (χ4n) is 4.32. The minimum atomic E-state index is 0.0328. The van der Waals surface area contributed by atoms with Crippen molar-refractivity contribution >= 4 is 21.6 Å². The van der Waals surface area contributed by atoms with Crippen LogP contribution in [0.3, 0.4) is 0 Å². The first-order valence-electron chi connectivity index (χ1n) is 9.71. The van der Waals surface area contributed by atoms with Crippen molar-refractivity contribution in [3.8, 4) is 5.75 Å². The largest absolute Gasteiger partial charge is 0.494 e. The smallest absolute Gasteiger partial charge is 0.259 e. The molecule has 140 valence electrons. The molecular weight excluding hydrogens is 358 g/mol. The predicted molar refractivity (Wildman–Crippen MR) is 108 cm³/mol. The predicted octanol–water partition coefficient (Wildman–Crippen LogP) is 3.43. The van der Waals surface area contributed by atoms with Crippen LogP contribution >= 0.6 is 11.3 Å². The third-order valence-electron chi connectivity index (χ3n) is 5.58. The number of aromatic amines is 1. The second kappa shape index (κ2) is 6.77. The average Bonchev–Trinajstić information content (AvgIpc) is 3.22. The number of fused-ring (bicyclic) bond motifs is 4. The van der Waals surface area contributed by atoms with E-state index < -0.39 is 0 Å². The quantitative estimate of drug-likeness (QED) is 0.752. The molecule has 1 aliphatic heterocycles. The van der Waals surface area contributed by atoms with Crippen molar-refractivity contribution < 1.29 is 4.74 Å². The molecule has 0 spiro atoms. The molecule has 0 bridgehead atoms. The van der Waals surface area contributed by atoms with Crippen molar-refractivity contribution in [2.45, 2.75) is 45.7 Å². The van der Waals surface area contributed by atoms with E-state index in [4.69, 9.17) is 9.72 Å². The molecule has 1 N–H and O–H groups in total. The number of nitrogens with zero attached hydrogens (tertiary/aromatic N) is 2. The average molecular weight is 382 g/mol. The van der Waals surface area contributed by atoms with Gasteiger partial charge in [-0.3, -0.25) is 9.69 Å². The van der Waals surface area contributed by atoms with Crippen molar-refractivity contribution in [2.24, 2.45) is 0 Å². The van der Waals surface area contributed by atoms with Crippen molar-refractivity contribution in [1.82, 2.24) is 14.9 Å². The van der Waals surface area contributed by atoms with Gasteiger partial charge in [0.2, 0.25) is 0 Å². The first-order chi connectivity index (χ1) is 13.2. The Balaban J connectivity index is 1.39. The maximum Gasteiger partial charge on any atom is 0.259 e. The van der Waals surface area contributed by atoms with Crippen LogP contribution < -0.4 is 10.3 Å². The van der Waals surface area contributed by atoms with Gasteiger partial charge in [0.15, 0.2) is 0 Å². The molecule has 3 aromatic rings. The van der Waals surface area contributed by atoms with Gasteiger partial charge in [-0.25, -0.2) is 4.98 Å². The van der Waals surface area contributed by atoms with Gasteiger partial charge in [-0.15, -0.1) is 11.3 Å². The van der Waals surface area contributed by atoms with Gasteiger partial charge in [0.25, 0.3) is 5.56 Å². The molecule has 3 heterocycles. The lowest BCUT2D eigenvalue weighted by atomic mass is 9.99. The van der Waals surface area contributed by atoms with E-state index in [0.29, 0.717) is 13.2 Å². The monoisotopic (exact) mass is 381 g/mol. The van der Waals surface area contributed by atoms with Crippen LogP contribution in [0.4, 0.5) is 0 Å². The van der Waals surface area contributed by atoms with E-state index in [2.05, 4.69) is 28.1 Å². The second-order valence-corrected chi connectivity index (χ2v) is 8.46. The lowest BCUT2D eigenvalue weighted by Gasteiger charge is -2.28. The number of aryl methyl sites for hydroxylation is 2. The number of benzene rings is 1. The van der Waals surface area contributed by atoms with Crippen molar-refractivity contribution in [1.29, 1.82) is 0 Å². The Morgan fingerprint density at radius 3 is 3.07 bits per heavy atom. The van der Waals surface area contributed by atoms with Gasteiger partial charge in [0.1, 0.15) is 16.4 Å². The summed E-state index contributed by atoms with van der Waals surface area (Å²) < 4.78 is 5.64. The SMILES string of the molecule is CCOc1ccc2c(c1)CN(Cc1nc3sc4c(c3c(=O)[nH]1)CCC4)CC2. The summed E-state index contributed by atoms with van der Waals surface area (Å²) in [6.45, 7) is 5.19. The second-order valence-electron chi connectivity index (χ2n) is 7.37. The maximum atomic E-state index is 12.7. The third-order valence-corrected chi connectivity index (χ3v) is 6.76. The van der Waals surface area contributed by atoms with E-state index in [0.717, 1.165) is 60.6 Å². The molecule has 5 rings (SSSR count). The first kappa shape index (κ1) is 17.0. The van der Waals surface area contributed by atoms with E-state index >= 15 is 0 Å². The Bertz CT molecular complexity index is 1070. The fraction of sp³-hybridized carbons (Fsp3) is 0.429. The van der Waals surface area contributed by atoms with E-state index in [9.17, 15) is 4.79 Å². The minimum Gasteiger partial charge on any atom is -0.494 e. The number of rotatable bonds is 4. The molecule has 2 aliphatic rings. The van der Waals surface area contributed by atoms with Crippen LogP contribution in [0.5, 0.6) is 5.75 Å². The summed E-state index contributed by atoms with van der Waals surface area (Å²) in [7, 11) is 0. The summed E-state index contributed by atoms with van der Waals surface area (Å²) in [5, 5.41) is 0.835. The number of H-pyrrole nitrogens is 1. The van der Waals surface area contributed by atoms with Gasteiger partial charge in [0, 0.05) is 18.0 Å². The summed E-state index contributed by atoms with van der Waals surface area (Å²) >= 11 is 1.71. The molecule has 27 heavy (non-hydrogen) atoms. The molecule has 6 heteroatoms. The van der Waals surface area contributed by atoms with E-state index in [1.54, 1.807) is 11.3 Å². The summed E-state index contributed by atoms with van der Waals surface area (Å²) in [6.07, 6.45) is 4.29. The van der Waals surface area contributed by atoms with Crippen molar-refractivity contribution in [3.05, 3.63) is 55.9 Å². The van der Waals surface area contributed by atoms with Gasteiger partial charge in [-0.1, -0.05) is 6.07 Å². The number of hydrogen-bond acceptors (Lipinski definition) is 5. The topological polar surface area (TPSA) is 58.2 Å². The first-order valence-corrected chi connectivity index (χ1v) is 10.5. The summed E-state index contributed by atoms with van der Waals surface area (Å²) in [5.74, 6) is 1.70. The molecule has 0 atom stereocenters. The Morgan fingerprint density at radius 1 is 1.26 bits per heavy atom. The zero-order valence-electron chi connectivity index (χ0n) is 15.5. The zero-order valence-corrected chi connectivity index (χ0v) is 16.3. The van der Waals surface area contributed by atoms with Crippen molar-refractivity contribution in [3.63, 3.8) is 0 Å². The number of nitrogens with one attached hydrogen (secondary N) is 1. The van der Waals surface area contributed by atoms with Crippen LogP contribution in [0.25, 0.3) is 10.2 Å². The highest BCUT2D eigenvalue weighted by atomic mass is 32.1. The summed E-state index contributed by atoms with van der Waals surface area (Å²) in [4.78, 5) is 25.1. The van der Waals surface area contributed by atoms with Crippen LogP contribution in [-0.4, -0.2) is 28.0 Å². The van der Waals surface area contributed by atoms with Gasteiger partial charge in [-0.2, -0.15) is 0 Å². The molecule has 1 aromatic carbocycles. The number of ether oxygens (including phenoxy) is 1. The Labute approximate surface area is 162 Å². The number of aromatic nitrogens is 2. The van der Waals surface area contributed by atoms with Crippen LogP contribution in [-0.2, 0) is 32.4 Å². The molecular formula is C21H23N3O2S. The molecule has 0 saturated carbocycles. The lowest BCUT2D eigenvalue weighted by Crippen LogP contribution is -2.31. The standard InChI is InChI=1S/C21H23N3O2S/c1-2-26-15-7-6-13-8-9-24(11-14(13)10-15)12-18-22-20(25)19-16-4-3-5-17(16)27-21(19)23-18/h6-7,10H,2-5,8-9,11-12H2,1H3,(H,22,23,25). The van der Waals surface area contributed by atoms with Crippen LogP contribution in [0, 0.1) is 0 Å². The van der Waals surface area contributed by atoms with E-state index in [1.165, 1.54) is 21.6 Å². The van der Waals surface area contributed by atoms with Gasteiger partial charge in [0.05, 0.1) is 18.5 Å². The molecule has 1 aliphatic carbocycles. The maximum absolute atomic E-state index is 12.7. The highest BCUT2D eigenvalue weighted by Crippen LogP contribution is 2.34. The molecule has 0 unspecified atom stereocenters. The Kier molecular flexibility index (Phi) is 4.25. The lowest BCUT2D eigenvalue weighted by molar-refractivity contribution is 0.238. The van der Waals surface area contributed by atoms with Gasteiger partial charge < -0.3 is 9.72 Å². The minimum absolute atomic E-state index is 0.0328. The Hall–Kier alpha value is -2.18. The number of hydrogen-bond donors (Lipinski definition) is 1. The highest BCUT2D eigenvalue weighted by Gasteiger charge is 2.22. The molecule has 0 radical (unpaired) electrons. The molecule has 0 saturated heterocycles. The van der Waals surface area contributed by atoms with Crippen molar-refractivity contribution in [2.75, 3.05) is 13.2 Å². The van der Waals surface area contributed by atoms with Crippen LogP contribution in [0.2, 0.25) is 0 Å². The van der Waals surface area contributed by atoms with E-state index in [1.807, 2.05) is 6.92 Å². The molecule has 0 amide bonds. The zero-order chi connectivity index (χ0) is 18.4. The number of thiophene rings is 1. The normalized spacial score (nSPS) is 16.5. The van der Waals surface area contributed by atoms with E-state index in [-0.39, 0.29) is 5.56 Å². The fourth-order valence-corrected chi connectivity index (χ4v) is 5.60. The van der Waals surface area contributed by atoms with Crippen LogP contribution in [0.1, 0.15) is 40.7 Å². The van der Waals surface area contributed by atoms with Gasteiger partial charge in [-0.05, 0) is 61.4 Å². The van der Waals surface area contributed by atoms with Crippen LogP contribution in [0.15, 0.2) is 23.0 Å². The molecule has 0 fully saturated rings.